The van der Waals surface area contributed by atoms with Gasteiger partial charge in [0.05, 0.1) is 29.1 Å². The molecule has 0 bridgehead atoms. The third-order valence-electron chi connectivity index (χ3n) is 2.64. The minimum Gasteiger partial charge on any atom is -0.478 e. The van der Waals surface area contributed by atoms with E-state index >= 15 is 0 Å². The third kappa shape index (κ3) is 1.24. The Hall–Kier alpha value is -2.63. The Morgan fingerprint density at radius 3 is 2.94 bits per heavy atom. The van der Waals surface area contributed by atoms with E-state index in [2.05, 4.69) is 9.97 Å². The molecule has 0 aliphatic carbocycles. The number of aromatic carboxylic acids is 1. The summed E-state index contributed by atoms with van der Waals surface area (Å²) >= 11 is 0. The second kappa shape index (κ2) is 3.18. The van der Waals surface area contributed by atoms with Crippen LogP contribution in [0.15, 0.2) is 35.5 Å². The number of aromatic nitrogens is 3. The van der Waals surface area contributed by atoms with Crippen LogP contribution in [0, 0.1) is 0 Å². The maximum Gasteiger partial charge on any atom is 0.337 e. The first-order valence-corrected chi connectivity index (χ1v) is 4.89. The van der Waals surface area contributed by atoms with Crippen molar-refractivity contribution in [2.45, 2.75) is 0 Å². The molecule has 2 aromatic heterocycles. The summed E-state index contributed by atoms with van der Waals surface area (Å²) in [5, 5.41) is 9.05. The largest absolute Gasteiger partial charge is 0.478 e. The molecule has 0 fully saturated rings. The molecule has 1 aromatic carbocycles. The zero-order valence-corrected chi connectivity index (χ0v) is 8.54. The first-order valence-electron chi connectivity index (χ1n) is 4.89. The summed E-state index contributed by atoms with van der Waals surface area (Å²) in [5.41, 5.74) is 1.01. The molecule has 0 aliphatic heterocycles. The molecule has 6 heteroatoms. The van der Waals surface area contributed by atoms with Gasteiger partial charge in [-0.25, -0.2) is 9.78 Å². The molecule has 0 saturated heterocycles. The van der Waals surface area contributed by atoms with Gasteiger partial charge < -0.3 is 10.1 Å². The van der Waals surface area contributed by atoms with E-state index in [0.717, 1.165) is 0 Å². The van der Waals surface area contributed by atoms with E-state index in [1.807, 2.05) is 0 Å². The van der Waals surface area contributed by atoms with Gasteiger partial charge in [0.25, 0.3) is 5.56 Å². The Bertz CT molecular complexity index is 800. The Labute approximate surface area is 94.2 Å². The van der Waals surface area contributed by atoms with Crippen molar-refractivity contribution >= 4 is 22.5 Å². The number of rotatable bonds is 1. The van der Waals surface area contributed by atoms with Crippen LogP contribution < -0.4 is 5.56 Å². The predicted octanol–water partition coefficient (Wildman–Crippen LogP) is 0.874. The summed E-state index contributed by atoms with van der Waals surface area (Å²) in [5.74, 6) is -1.08. The standard InChI is InChI=1S/C11H7N3O3/c15-10-8-4-12-5-14(8)7-3-1-2-6(11(16)17)9(7)13-10/h1-5H,(H,13,15)(H,16,17). The number of nitrogens with zero attached hydrogens (tertiary/aromatic N) is 2. The molecule has 0 atom stereocenters. The average molecular weight is 229 g/mol. The predicted molar refractivity (Wildman–Crippen MR) is 60.3 cm³/mol. The highest BCUT2D eigenvalue weighted by molar-refractivity contribution is 6.01. The van der Waals surface area contributed by atoms with E-state index in [-0.39, 0.29) is 11.1 Å². The lowest BCUT2D eigenvalue weighted by Gasteiger charge is -2.04. The second-order valence-corrected chi connectivity index (χ2v) is 3.61. The van der Waals surface area contributed by atoms with Crippen LogP contribution in [0.4, 0.5) is 0 Å². The fourth-order valence-electron chi connectivity index (χ4n) is 1.88. The minimum atomic E-state index is -1.08. The summed E-state index contributed by atoms with van der Waals surface area (Å²) in [6.45, 7) is 0. The fourth-order valence-corrected chi connectivity index (χ4v) is 1.88. The number of aromatic amines is 1. The number of benzene rings is 1. The molecule has 6 nitrogen and oxygen atoms in total. The molecule has 0 saturated carbocycles. The molecule has 0 unspecified atom stereocenters. The second-order valence-electron chi connectivity index (χ2n) is 3.61. The fraction of sp³-hybridized carbons (Fsp3) is 0. The Balaban J connectivity index is 2.62. The van der Waals surface area contributed by atoms with Gasteiger partial charge in [-0.05, 0) is 12.1 Å². The van der Waals surface area contributed by atoms with Gasteiger partial charge in [-0.1, -0.05) is 6.07 Å². The number of carboxylic acids is 1. The Kier molecular flexibility index (Phi) is 1.79. The van der Waals surface area contributed by atoms with Crippen LogP contribution in [0.2, 0.25) is 0 Å². The molecule has 0 aliphatic rings. The van der Waals surface area contributed by atoms with Gasteiger partial charge in [-0.2, -0.15) is 0 Å². The summed E-state index contributed by atoms with van der Waals surface area (Å²) in [7, 11) is 0. The van der Waals surface area contributed by atoms with Crippen LogP contribution in [0.5, 0.6) is 0 Å². The molecule has 2 heterocycles. The molecule has 17 heavy (non-hydrogen) atoms. The molecule has 0 amide bonds. The summed E-state index contributed by atoms with van der Waals surface area (Å²) in [4.78, 5) is 29.2. The number of carbonyl (C=O) groups is 1. The SMILES string of the molecule is O=C(O)c1cccc2c1[nH]c(=O)c1cncn12. The number of H-pyrrole nitrogens is 1. The van der Waals surface area contributed by atoms with E-state index < -0.39 is 5.97 Å². The first kappa shape index (κ1) is 9.59. The monoisotopic (exact) mass is 229 g/mol. The molecular formula is C11H7N3O3. The Morgan fingerprint density at radius 1 is 1.35 bits per heavy atom. The highest BCUT2D eigenvalue weighted by atomic mass is 16.4. The van der Waals surface area contributed by atoms with Crippen molar-refractivity contribution in [3.8, 4) is 0 Å². The summed E-state index contributed by atoms with van der Waals surface area (Å²) < 4.78 is 1.57. The van der Waals surface area contributed by atoms with Crippen LogP contribution in [-0.4, -0.2) is 25.4 Å². The molecular weight excluding hydrogens is 222 g/mol. The molecule has 0 radical (unpaired) electrons. The lowest BCUT2D eigenvalue weighted by Crippen LogP contribution is -2.12. The van der Waals surface area contributed by atoms with Gasteiger partial charge in [0.1, 0.15) is 5.52 Å². The number of nitrogens with one attached hydrogen (secondary N) is 1. The average Bonchev–Trinajstić information content (AvgIpc) is 2.78. The van der Waals surface area contributed by atoms with Gasteiger partial charge in [-0.3, -0.25) is 9.20 Å². The van der Waals surface area contributed by atoms with Crippen LogP contribution in [0.3, 0.4) is 0 Å². The lowest BCUT2D eigenvalue weighted by atomic mass is 10.2. The number of fused-ring (bicyclic) bond motifs is 3. The van der Waals surface area contributed by atoms with Crippen LogP contribution in [0.1, 0.15) is 10.4 Å². The van der Waals surface area contributed by atoms with E-state index in [9.17, 15) is 9.59 Å². The molecule has 3 rings (SSSR count). The normalized spacial score (nSPS) is 11.1. The molecule has 84 valence electrons. The van der Waals surface area contributed by atoms with E-state index in [4.69, 9.17) is 5.11 Å². The van der Waals surface area contributed by atoms with Crippen molar-refractivity contribution < 1.29 is 9.90 Å². The van der Waals surface area contributed by atoms with Crippen molar-refractivity contribution in [3.63, 3.8) is 0 Å². The van der Waals surface area contributed by atoms with Crippen molar-refractivity contribution in [3.05, 3.63) is 46.6 Å². The maximum absolute atomic E-state index is 11.7. The number of hydrogen-bond donors (Lipinski definition) is 2. The van der Waals surface area contributed by atoms with Gasteiger partial charge >= 0.3 is 5.97 Å². The highest BCUT2D eigenvalue weighted by Gasteiger charge is 2.12. The molecule has 2 N–H and O–H groups in total. The zero-order valence-electron chi connectivity index (χ0n) is 8.54. The lowest BCUT2D eigenvalue weighted by molar-refractivity contribution is 0.0699. The third-order valence-corrected chi connectivity index (χ3v) is 2.64. The van der Waals surface area contributed by atoms with E-state index in [1.165, 1.54) is 18.6 Å². The van der Waals surface area contributed by atoms with Gasteiger partial charge in [0, 0.05) is 0 Å². The number of carboxylic acid groups (broad SMARTS) is 1. The molecule has 3 aromatic rings. The molecule has 0 spiro atoms. The smallest absolute Gasteiger partial charge is 0.337 e. The minimum absolute atomic E-state index is 0.0650. The van der Waals surface area contributed by atoms with E-state index in [0.29, 0.717) is 16.6 Å². The number of para-hydroxylation sites is 1. The van der Waals surface area contributed by atoms with Gasteiger partial charge in [0.15, 0.2) is 0 Å². The number of imidazole rings is 1. The van der Waals surface area contributed by atoms with Gasteiger partial charge in [-0.15, -0.1) is 0 Å². The zero-order chi connectivity index (χ0) is 12.0. The van der Waals surface area contributed by atoms with Crippen molar-refractivity contribution in [1.29, 1.82) is 0 Å². The quantitative estimate of drug-likeness (QED) is 0.648. The van der Waals surface area contributed by atoms with E-state index in [1.54, 1.807) is 16.5 Å². The number of hydrogen-bond acceptors (Lipinski definition) is 3. The summed E-state index contributed by atoms with van der Waals surface area (Å²) in [6, 6.07) is 4.80. The van der Waals surface area contributed by atoms with Crippen LogP contribution in [-0.2, 0) is 0 Å². The van der Waals surface area contributed by atoms with Crippen molar-refractivity contribution in [1.82, 2.24) is 14.4 Å². The van der Waals surface area contributed by atoms with Crippen LogP contribution >= 0.6 is 0 Å². The van der Waals surface area contributed by atoms with Gasteiger partial charge in [0.2, 0.25) is 0 Å². The van der Waals surface area contributed by atoms with Crippen molar-refractivity contribution in [2.24, 2.45) is 0 Å². The van der Waals surface area contributed by atoms with Crippen LogP contribution in [0.25, 0.3) is 16.6 Å². The first-order chi connectivity index (χ1) is 8.18. The highest BCUT2D eigenvalue weighted by Crippen LogP contribution is 2.16. The maximum atomic E-state index is 11.7. The Morgan fingerprint density at radius 2 is 2.18 bits per heavy atom. The topological polar surface area (TPSA) is 87.5 Å². The van der Waals surface area contributed by atoms with Crippen molar-refractivity contribution in [2.75, 3.05) is 0 Å². The summed E-state index contributed by atoms with van der Waals surface area (Å²) in [6.07, 6.45) is 2.92.